The van der Waals surface area contributed by atoms with Crippen LogP contribution in [0, 0.1) is 5.82 Å². The van der Waals surface area contributed by atoms with E-state index in [4.69, 9.17) is 5.11 Å². The summed E-state index contributed by atoms with van der Waals surface area (Å²) in [5, 5.41) is 8.66. The van der Waals surface area contributed by atoms with Crippen molar-refractivity contribution < 1.29 is 23.0 Å². The lowest BCUT2D eigenvalue weighted by atomic mass is 10.2. The number of hydrogen-bond donors (Lipinski definition) is 1. The van der Waals surface area contributed by atoms with E-state index in [1.54, 1.807) is 0 Å². The van der Waals surface area contributed by atoms with E-state index in [0.29, 0.717) is 0 Å². The molecule has 6 heteroatoms. The number of pyridine rings is 1. The number of ether oxygens (including phenoxy) is 1. The summed E-state index contributed by atoms with van der Waals surface area (Å²) in [5.74, 6) is -1.19. The van der Waals surface area contributed by atoms with Gasteiger partial charge in [0.15, 0.2) is 0 Å². The predicted octanol–water partition coefficient (Wildman–Crippen LogP) is 1.66. The van der Waals surface area contributed by atoms with Crippen molar-refractivity contribution >= 4 is 0 Å². The fourth-order valence-electron chi connectivity index (χ4n) is 0.978. The van der Waals surface area contributed by atoms with Gasteiger partial charge in [-0.1, -0.05) is 0 Å². The van der Waals surface area contributed by atoms with Crippen molar-refractivity contribution in [3.63, 3.8) is 0 Å². The Balaban J connectivity index is 3.28. The molecule has 0 aliphatic rings. The molecule has 0 fully saturated rings. The van der Waals surface area contributed by atoms with Gasteiger partial charge in [-0.2, -0.15) is 0 Å². The van der Waals surface area contributed by atoms with E-state index in [-0.39, 0.29) is 5.88 Å². The molecule has 0 aliphatic heterocycles. The standard InChI is InChI=1S/C8H8F3NO2/c1-14-6-2-5(9)4(3-13)7(12-6)8(10)11/h2,8,13H,3H2,1H3. The fourth-order valence-corrected chi connectivity index (χ4v) is 0.978. The molecule has 3 nitrogen and oxygen atoms in total. The second kappa shape index (κ2) is 4.28. The molecule has 1 rings (SSSR count). The Labute approximate surface area is 78.2 Å². The fraction of sp³-hybridized carbons (Fsp3) is 0.375. The van der Waals surface area contributed by atoms with Gasteiger partial charge in [0.2, 0.25) is 5.88 Å². The van der Waals surface area contributed by atoms with Crippen molar-refractivity contribution in [3.05, 3.63) is 23.1 Å². The van der Waals surface area contributed by atoms with Crippen LogP contribution in [-0.4, -0.2) is 17.2 Å². The van der Waals surface area contributed by atoms with Gasteiger partial charge in [0, 0.05) is 11.6 Å². The maximum absolute atomic E-state index is 13.0. The van der Waals surface area contributed by atoms with Gasteiger partial charge in [-0.25, -0.2) is 18.2 Å². The Kier molecular flexibility index (Phi) is 3.29. The lowest BCUT2D eigenvalue weighted by molar-refractivity contribution is 0.139. The second-order valence-corrected chi connectivity index (χ2v) is 2.47. The van der Waals surface area contributed by atoms with Crippen molar-refractivity contribution in [3.8, 4) is 5.88 Å². The highest BCUT2D eigenvalue weighted by molar-refractivity contribution is 5.28. The van der Waals surface area contributed by atoms with Gasteiger partial charge < -0.3 is 9.84 Å². The SMILES string of the molecule is COc1cc(F)c(CO)c(C(F)F)n1. The molecule has 1 N–H and O–H groups in total. The summed E-state index contributed by atoms with van der Waals surface area (Å²) < 4.78 is 42.2. The van der Waals surface area contributed by atoms with Crippen LogP contribution in [0.15, 0.2) is 6.07 Å². The Hall–Kier alpha value is -1.30. The van der Waals surface area contributed by atoms with E-state index in [9.17, 15) is 13.2 Å². The van der Waals surface area contributed by atoms with Crippen LogP contribution in [0.25, 0.3) is 0 Å². The number of halogens is 3. The molecular weight excluding hydrogens is 199 g/mol. The molecule has 0 atom stereocenters. The summed E-state index contributed by atoms with van der Waals surface area (Å²) in [4.78, 5) is 3.35. The largest absolute Gasteiger partial charge is 0.481 e. The second-order valence-electron chi connectivity index (χ2n) is 2.47. The van der Waals surface area contributed by atoms with Crippen LogP contribution in [-0.2, 0) is 6.61 Å². The van der Waals surface area contributed by atoms with Crippen LogP contribution >= 0.6 is 0 Å². The molecule has 0 aliphatic carbocycles. The quantitative estimate of drug-likeness (QED) is 0.819. The third-order valence-corrected chi connectivity index (χ3v) is 1.65. The van der Waals surface area contributed by atoms with Crippen molar-refractivity contribution in [1.29, 1.82) is 0 Å². The van der Waals surface area contributed by atoms with Crippen LogP contribution in [0.3, 0.4) is 0 Å². The highest BCUT2D eigenvalue weighted by Gasteiger charge is 2.19. The van der Waals surface area contributed by atoms with E-state index in [1.807, 2.05) is 0 Å². The van der Waals surface area contributed by atoms with Crippen LogP contribution in [0.4, 0.5) is 13.2 Å². The van der Waals surface area contributed by atoms with E-state index < -0.39 is 30.1 Å². The third-order valence-electron chi connectivity index (χ3n) is 1.65. The van der Waals surface area contributed by atoms with E-state index in [1.165, 1.54) is 7.11 Å². The zero-order chi connectivity index (χ0) is 10.7. The Morgan fingerprint density at radius 3 is 2.64 bits per heavy atom. The van der Waals surface area contributed by atoms with Gasteiger partial charge in [-0.3, -0.25) is 0 Å². The molecule has 78 valence electrons. The number of nitrogens with zero attached hydrogens (tertiary/aromatic N) is 1. The third kappa shape index (κ3) is 1.95. The Bertz CT molecular complexity index is 331. The van der Waals surface area contributed by atoms with Crippen molar-refractivity contribution in [2.75, 3.05) is 7.11 Å². The topological polar surface area (TPSA) is 42.4 Å². The van der Waals surface area contributed by atoms with Crippen molar-refractivity contribution in [1.82, 2.24) is 4.98 Å². The molecule has 1 aromatic heterocycles. The highest BCUT2D eigenvalue weighted by atomic mass is 19.3. The highest BCUT2D eigenvalue weighted by Crippen LogP contribution is 2.25. The molecule has 1 heterocycles. The maximum atomic E-state index is 13.0. The van der Waals surface area contributed by atoms with E-state index in [0.717, 1.165) is 6.07 Å². The van der Waals surface area contributed by atoms with Gasteiger partial charge in [0.05, 0.1) is 13.7 Å². The van der Waals surface area contributed by atoms with Gasteiger partial charge in [-0.05, 0) is 0 Å². The number of alkyl halides is 2. The molecule has 1 aromatic rings. The number of methoxy groups -OCH3 is 1. The number of aliphatic hydroxyl groups excluding tert-OH is 1. The summed E-state index contributed by atoms with van der Waals surface area (Å²) in [6.07, 6.45) is -2.94. The minimum absolute atomic E-state index is 0.241. The summed E-state index contributed by atoms with van der Waals surface area (Å²) in [7, 11) is 1.19. The van der Waals surface area contributed by atoms with Crippen LogP contribution in [0.2, 0.25) is 0 Å². The molecule has 0 saturated heterocycles. The minimum Gasteiger partial charge on any atom is -0.481 e. The minimum atomic E-state index is -2.94. The van der Waals surface area contributed by atoms with Crippen LogP contribution < -0.4 is 4.74 Å². The predicted molar refractivity (Wildman–Crippen MR) is 41.6 cm³/mol. The van der Waals surface area contributed by atoms with Crippen LogP contribution in [0.5, 0.6) is 5.88 Å². The smallest absolute Gasteiger partial charge is 0.280 e. The summed E-state index contributed by atoms with van der Waals surface area (Å²) in [6.45, 7) is -0.817. The van der Waals surface area contributed by atoms with E-state index in [2.05, 4.69) is 9.72 Å². The average Bonchev–Trinajstić information content (AvgIpc) is 2.16. The van der Waals surface area contributed by atoms with Crippen LogP contribution in [0.1, 0.15) is 17.7 Å². The monoisotopic (exact) mass is 207 g/mol. The zero-order valence-electron chi connectivity index (χ0n) is 7.30. The van der Waals surface area contributed by atoms with Gasteiger partial charge in [-0.15, -0.1) is 0 Å². The molecule has 0 amide bonds. The first-order valence-corrected chi connectivity index (χ1v) is 3.72. The van der Waals surface area contributed by atoms with E-state index >= 15 is 0 Å². The molecule has 0 bridgehead atoms. The Morgan fingerprint density at radius 1 is 1.57 bits per heavy atom. The lowest BCUT2D eigenvalue weighted by Gasteiger charge is -2.08. The maximum Gasteiger partial charge on any atom is 0.280 e. The van der Waals surface area contributed by atoms with Crippen molar-refractivity contribution in [2.45, 2.75) is 13.0 Å². The summed E-state index contributed by atoms with van der Waals surface area (Å²) in [6, 6.07) is 0.845. The zero-order valence-corrected chi connectivity index (χ0v) is 7.30. The Morgan fingerprint density at radius 2 is 2.21 bits per heavy atom. The number of rotatable bonds is 3. The molecular formula is C8H8F3NO2. The number of aromatic nitrogens is 1. The first-order chi connectivity index (χ1) is 6.60. The number of aliphatic hydroxyl groups is 1. The first-order valence-electron chi connectivity index (χ1n) is 3.72. The van der Waals surface area contributed by atoms with Crippen molar-refractivity contribution in [2.24, 2.45) is 0 Å². The van der Waals surface area contributed by atoms with Gasteiger partial charge in [0.1, 0.15) is 11.5 Å². The molecule has 14 heavy (non-hydrogen) atoms. The summed E-state index contributed by atoms with van der Waals surface area (Å²) >= 11 is 0. The van der Waals surface area contributed by atoms with Gasteiger partial charge >= 0.3 is 0 Å². The molecule has 0 saturated carbocycles. The molecule has 0 unspecified atom stereocenters. The molecule has 0 radical (unpaired) electrons. The van der Waals surface area contributed by atoms with Gasteiger partial charge in [0.25, 0.3) is 6.43 Å². The molecule has 0 spiro atoms. The lowest BCUT2D eigenvalue weighted by Crippen LogP contribution is -2.04. The number of hydrogen-bond acceptors (Lipinski definition) is 3. The normalized spacial score (nSPS) is 10.7. The average molecular weight is 207 g/mol. The first kappa shape index (κ1) is 10.8. The summed E-state index contributed by atoms with van der Waals surface area (Å²) in [5.41, 5.74) is -1.29. The molecule has 0 aromatic carbocycles.